The fourth-order valence-electron chi connectivity index (χ4n) is 4.07. The third-order valence-electron chi connectivity index (χ3n) is 5.70. The molecule has 2 aliphatic heterocycles. The molecule has 0 radical (unpaired) electrons. The van der Waals surface area contributed by atoms with Gasteiger partial charge in [-0.25, -0.2) is 8.42 Å². The summed E-state index contributed by atoms with van der Waals surface area (Å²) in [7, 11) is -3.02. The van der Waals surface area contributed by atoms with E-state index in [9.17, 15) is 18.0 Å². The highest BCUT2D eigenvalue weighted by molar-refractivity contribution is 7.91. The molecule has 2 fully saturated rings. The zero-order valence-corrected chi connectivity index (χ0v) is 18.0. The number of piperidine rings is 1. The van der Waals surface area contributed by atoms with Crippen LogP contribution in [0.1, 0.15) is 38.3 Å². The summed E-state index contributed by atoms with van der Waals surface area (Å²) in [6.07, 6.45) is 1.31. The van der Waals surface area contributed by atoms with Gasteiger partial charge in [0.05, 0.1) is 11.5 Å². The lowest BCUT2D eigenvalue weighted by Gasteiger charge is -2.39. The van der Waals surface area contributed by atoms with E-state index in [-0.39, 0.29) is 35.3 Å². The van der Waals surface area contributed by atoms with E-state index in [1.165, 1.54) is 0 Å². The van der Waals surface area contributed by atoms with Crippen molar-refractivity contribution in [2.75, 3.05) is 37.7 Å². The molecule has 2 amide bonds. The van der Waals surface area contributed by atoms with Gasteiger partial charge in [0.1, 0.15) is 6.04 Å². The Hall–Kier alpha value is -1.93. The van der Waals surface area contributed by atoms with Crippen LogP contribution in [-0.2, 0) is 19.4 Å². The number of hydrogen-bond acceptors (Lipinski definition) is 5. The molecule has 8 heteroatoms. The standard InChI is InChI=1S/C21H31N3O4S/c1-16(2)22-20(25)18-8-10-24(11-9-18)21(26)19(17-6-4-3-5-7-17)23-12-14-29(27,28)15-13-23/h3-7,16,18-19H,8-15H2,1-2H3,(H,22,25). The Bertz CT molecular complexity index is 804. The summed E-state index contributed by atoms with van der Waals surface area (Å²) >= 11 is 0. The first kappa shape index (κ1) is 21.8. The zero-order valence-electron chi connectivity index (χ0n) is 17.2. The molecule has 2 heterocycles. The van der Waals surface area contributed by atoms with Crippen molar-refractivity contribution in [2.24, 2.45) is 5.92 Å². The molecule has 0 saturated carbocycles. The SMILES string of the molecule is CC(C)NC(=O)C1CCN(C(=O)C(c2ccccc2)N2CCS(=O)(=O)CC2)CC1. The normalized spacial score (nSPS) is 21.7. The summed E-state index contributed by atoms with van der Waals surface area (Å²) in [6, 6.07) is 9.19. The minimum atomic E-state index is -3.02. The van der Waals surface area contributed by atoms with Crippen LogP contribution in [0, 0.1) is 5.92 Å². The molecule has 2 aliphatic rings. The number of nitrogens with zero attached hydrogens (tertiary/aromatic N) is 2. The first-order valence-corrected chi connectivity index (χ1v) is 12.2. The highest BCUT2D eigenvalue weighted by atomic mass is 32.2. The lowest BCUT2D eigenvalue weighted by Crippen LogP contribution is -2.51. The fraction of sp³-hybridized carbons (Fsp3) is 0.619. The average Bonchev–Trinajstić information content (AvgIpc) is 2.70. The Morgan fingerprint density at radius 2 is 1.59 bits per heavy atom. The van der Waals surface area contributed by atoms with E-state index in [1.54, 1.807) is 0 Å². The van der Waals surface area contributed by atoms with Crippen molar-refractivity contribution in [3.63, 3.8) is 0 Å². The van der Waals surface area contributed by atoms with Crippen LogP contribution in [0.5, 0.6) is 0 Å². The Kier molecular flexibility index (Phi) is 6.95. The zero-order chi connectivity index (χ0) is 21.0. The van der Waals surface area contributed by atoms with Crippen LogP contribution in [0.25, 0.3) is 0 Å². The monoisotopic (exact) mass is 421 g/mol. The fourth-order valence-corrected chi connectivity index (χ4v) is 5.30. The lowest BCUT2D eigenvalue weighted by atomic mass is 9.94. The van der Waals surface area contributed by atoms with E-state index in [0.29, 0.717) is 39.0 Å². The summed E-state index contributed by atoms with van der Waals surface area (Å²) in [5.41, 5.74) is 0.886. The minimum absolute atomic E-state index is 0.00165. The Morgan fingerprint density at radius 3 is 2.14 bits per heavy atom. The number of likely N-dealkylation sites (tertiary alicyclic amines) is 1. The lowest BCUT2D eigenvalue weighted by molar-refractivity contribution is -0.140. The number of benzene rings is 1. The number of amides is 2. The van der Waals surface area contributed by atoms with Gasteiger partial charge in [0.2, 0.25) is 11.8 Å². The van der Waals surface area contributed by atoms with Gasteiger partial charge in [-0.05, 0) is 32.3 Å². The predicted molar refractivity (Wildman–Crippen MR) is 112 cm³/mol. The van der Waals surface area contributed by atoms with Gasteiger partial charge in [-0.15, -0.1) is 0 Å². The highest BCUT2D eigenvalue weighted by Gasteiger charge is 2.36. The molecule has 1 aromatic carbocycles. The smallest absolute Gasteiger partial charge is 0.244 e. The maximum absolute atomic E-state index is 13.4. The molecule has 1 aromatic rings. The van der Waals surface area contributed by atoms with Crippen LogP contribution < -0.4 is 5.32 Å². The molecular weight excluding hydrogens is 390 g/mol. The van der Waals surface area contributed by atoms with Crippen molar-refractivity contribution < 1.29 is 18.0 Å². The Labute approximate surface area is 173 Å². The maximum atomic E-state index is 13.4. The molecular formula is C21H31N3O4S. The Balaban J connectivity index is 1.70. The van der Waals surface area contributed by atoms with Gasteiger partial charge in [0.25, 0.3) is 0 Å². The number of carbonyl (C=O) groups is 2. The number of sulfone groups is 1. The topological polar surface area (TPSA) is 86.8 Å². The van der Waals surface area contributed by atoms with Crippen molar-refractivity contribution >= 4 is 21.7 Å². The van der Waals surface area contributed by atoms with Crippen molar-refractivity contribution in [1.82, 2.24) is 15.1 Å². The molecule has 7 nitrogen and oxygen atoms in total. The van der Waals surface area contributed by atoms with Gasteiger partial charge < -0.3 is 10.2 Å². The van der Waals surface area contributed by atoms with Crippen LogP contribution in [-0.4, -0.2) is 73.8 Å². The van der Waals surface area contributed by atoms with Crippen LogP contribution in [0.3, 0.4) is 0 Å². The van der Waals surface area contributed by atoms with E-state index < -0.39 is 15.9 Å². The molecule has 1 unspecified atom stereocenters. The van der Waals surface area contributed by atoms with Crippen LogP contribution in [0.15, 0.2) is 30.3 Å². The number of nitrogens with one attached hydrogen (secondary N) is 1. The number of carbonyl (C=O) groups excluding carboxylic acids is 2. The molecule has 1 atom stereocenters. The van der Waals surface area contributed by atoms with Crippen LogP contribution in [0.2, 0.25) is 0 Å². The predicted octanol–water partition coefficient (Wildman–Crippen LogP) is 1.22. The summed E-state index contributed by atoms with van der Waals surface area (Å²) in [5, 5.41) is 2.96. The molecule has 29 heavy (non-hydrogen) atoms. The first-order valence-electron chi connectivity index (χ1n) is 10.4. The van der Waals surface area contributed by atoms with Crippen LogP contribution in [0.4, 0.5) is 0 Å². The van der Waals surface area contributed by atoms with Crippen molar-refractivity contribution in [3.8, 4) is 0 Å². The van der Waals surface area contributed by atoms with Crippen molar-refractivity contribution in [2.45, 2.75) is 38.8 Å². The van der Waals surface area contributed by atoms with E-state index in [4.69, 9.17) is 0 Å². The number of rotatable bonds is 5. The molecule has 0 aliphatic carbocycles. The third-order valence-corrected chi connectivity index (χ3v) is 7.31. The van der Waals surface area contributed by atoms with Gasteiger partial charge in [-0.3, -0.25) is 14.5 Å². The molecule has 0 spiro atoms. The average molecular weight is 422 g/mol. The number of hydrogen-bond donors (Lipinski definition) is 1. The summed E-state index contributed by atoms with van der Waals surface area (Å²) in [6.45, 7) is 5.70. The summed E-state index contributed by atoms with van der Waals surface area (Å²) in [4.78, 5) is 29.5. The molecule has 0 bridgehead atoms. The highest BCUT2D eigenvalue weighted by Crippen LogP contribution is 2.28. The second kappa shape index (κ2) is 9.26. The van der Waals surface area contributed by atoms with Crippen LogP contribution >= 0.6 is 0 Å². The summed E-state index contributed by atoms with van der Waals surface area (Å²) in [5.74, 6) is 0.171. The van der Waals surface area contributed by atoms with Gasteiger partial charge in [-0.2, -0.15) is 0 Å². The van der Waals surface area contributed by atoms with E-state index in [2.05, 4.69) is 5.32 Å². The van der Waals surface area contributed by atoms with Gasteiger partial charge in [0, 0.05) is 38.1 Å². The van der Waals surface area contributed by atoms with Gasteiger partial charge in [0.15, 0.2) is 9.84 Å². The minimum Gasteiger partial charge on any atom is -0.354 e. The molecule has 3 rings (SSSR count). The Morgan fingerprint density at radius 1 is 1.00 bits per heavy atom. The molecule has 0 aromatic heterocycles. The largest absolute Gasteiger partial charge is 0.354 e. The van der Waals surface area contributed by atoms with Crippen molar-refractivity contribution in [3.05, 3.63) is 35.9 Å². The summed E-state index contributed by atoms with van der Waals surface area (Å²) < 4.78 is 23.7. The van der Waals surface area contributed by atoms with E-state index in [1.807, 2.05) is 54.0 Å². The van der Waals surface area contributed by atoms with E-state index >= 15 is 0 Å². The first-order chi connectivity index (χ1) is 13.8. The van der Waals surface area contributed by atoms with Crippen molar-refractivity contribution in [1.29, 1.82) is 0 Å². The van der Waals surface area contributed by atoms with E-state index in [0.717, 1.165) is 5.56 Å². The quantitative estimate of drug-likeness (QED) is 0.773. The second-order valence-electron chi connectivity index (χ2n) is 8.26. The maximum Gasteiger partial charge on any atom is 0.244 e. The third kappa shape index (κ3) is 5.57. The van der Waals surface area contributed by atoms with Gasteiger partial charge in [-0.1, -0.05) is 30.3 Å². The molecule has 160 valence electrons. The second-order valence-corrected chi connectivity index (χ2v) is 10.6. The molecule has 1 N–H and O–H groups in total. The molecule has 2 saturated heterocycles. The van der Waals surface area contributed by atoms with Gasteiger partial charge >= 0.3 is 0 Å².